The molecule has 1 saturated carbocycles. The van der Waals surface area contributed by atoms with Crippen molar-refractivity contribution >= 4 is 27.8 Å². The van der Waals surface area contributed by atoms with Crippen LogP contribution in [-0.4, -0.2) is 0 Å². The predicted octanol–water partition coefficient (Wildman–Crippen LogP) is 15.3. The summed E-state index contributed by atoms with van der Waals surface area (Å²) in [7, 11) is 0. The molecule has 9 aromatic carbocycles. The molecule has 0 amide bonds. The molecule has 1 aliphatic heterocycles. The number of hydrogen-bond donors (Lipinski definition) is 0. The molecule has 0 radical (unpaired) electrons. The third kappa shape index (κ3) is 4.54. The van der Waals surface area contributed by atoms with Crippen LogP contribution in [0, 0.1) is 0 Å². The summed E-state index contributed by atoms with van der Waals surface area (Å²) in [5.74, 6) is 1.84. The number of fused-ring (bicyclic) bond motifs is 16. The van der Waals surface area contributed by atoms with Crippen LogP contribution in [0.5, 0.6) is 11.5 Å². The second-order valence-corrected chi connectivity index (χ2v) is 17.1. The van der Waals surface area contributed by atoms with Crippen molar-refractivity contribution in [1.29, 1.82) is 0 Å². The summed E-state index contributed by atoms with van der Waals surface area (Å²) in [6.45, 7) is 0. The zero-order valence-corrected chi connectivity index (χ0v) is 33.2. The Labute approximate surface area is 351 Å². The fourth-order valence-electron chi connectivity index (χ4n) is 11.7. The lowest BCUT2D eigenvalue weighted by molar-refractivity contribution is 0.441. The highest BCUT2D eigenvalue weighted by molar-refractivity contribution is 5.97. The maximum atomic E-state index is 6.98. The van der Waals surface area contributed by atoms with E-state index in [1.54, 1.807) is 0 Å². The van der Waals surface area contributed by atoms with Crippen LogP contribution in [0.25, 0.3) is 44.2 Å². The molecule has 2 nitrogen and oxygen atoms in total. The quantitative estimate of drug-likeness (QED) is 0.177. The molecule has 1 heterocycles. The molecule has 1 fully saturated rings. The molecule has 9 aromatic rings. The minimum Gasteiger partial charge on any atom is -0.456 e. The first-order valence-electron chi connectivity index (χ1n) is 21.5. The Hall–Kier alpha value is -7.16. The van der Waals surface area contributed by atoms with Crippen molar-refractivity contribution in [2.24, 2.45) is 0 Å². The van der Waals surface area contributed by atoms with Gasteiger partial charge in [0.15, 0.2) is 0 Å². The molecule has 0 aromatic heterocycles. The molecular weight excluding hydrogens is 727 g/mol. The van der Waals surface area contributed by atoms with Gasteiger partial charge in [-0.3, -0.25) is 0 Å². The fourth-order valence-corrected chi connectivity index (χ4v) is 11.7. The Bertz CT molecular complexity index is 3190. The van der Waals surface area contributed by atoms with Gasteiger partial charge < -0.3 is 9.64 Å². The third-order valence-electron chi connectivity index (χ3n) is 14.3. The fraction of sp³-hybridized carbons (Fsp3) is 0.103. The summed E-state index contributed by atoms with van der Waals surface area (Å²) >= 11 is 0. The van der Waals surface area contributed by atoms with Crippen LogP contribution in [0.1, 0.15) is 59.1 Å². The van der Waals surface area contributed by atoms with Gasteiger partial charge in [0.25, 0.3) is 0 Å². The summed E-state index contributed by atoms with van der Waals surface area (Å²) in [5, 5.41) is 2.31. The Kier molecular flexibility index (Phi) is 7.13. The van der Waals surface area contributed by atoms with Crippen LogP contribution in [0.2, 0.25) is 0 Å². The van der Waals surface area contributed by atoms with Gasteiger partial charge in [-0.25, -0.2) is 0 Å². The maximum absolute atomic E-state index is 6.98. The van der Waals surface area contributed by atoms with Crippen molar-refractivity contribution in [3.05, 3.63) is 234 Å². The Morgan fingerprint density at radius 1 is 0.383 bits per heavy atom. The summed E-state index contributed by atoms with van der Waals surface area (Å²) in [5.41, 5.74) is 18.6. The molecule has 13 rings (SSSR count). The first kappa shape index (κ1) is 33.8. The van der Waals surface area contributed by atoms with Crippen LogP contribution in [0.4, 0.5) is 17.1 Å². The van der Waals surface area contributed by atoms with Crippen molar-refractivity contribution < 1.29 is 4.74 Å². The van der Waals surface area contributed by atoms with Gasteiger partial charge in [-0.05, 0) is 116 Å². The minimum atomic E-state index is -0.591. The Balaban J connectivity index is 1.07. The molecule has 0 N–H and O–H groups in total. The highest BCUT2D eigenvalue weighted by atomic mass is 16.5. The molecule has 3 aliphatic carbocycles. The topological polar surface area (TPSA) is 12.5 Å². The second kappa shape index (κ2) is 12.7. The van der Waals surface area contributed by atoms with Crippen LogP contribution in [0.3, 0.4) is 0 Å². The lowest BCUT2D eigenvalue weighted by Gasteiger charge is -2.40. The maximum Gasteiger partial charge on any atom is 0.140 e. The first-order chi connectivity index (χ1) is 29.7. The van der Waals surface area contributed by atoms with E-state index in [0.29, 0.717) is 0 Å². The standard InChI is InChI=1S/C58H41NO/c1-2-14-38(15-3-1)39-24-27-41(28-25-39)59(42-29-31-47-45-18-6-8-20-49(45)57(53(47)36-42)34-12-13-35-57)43-30-32-48-46-19-7-9-21-50(46)58(54(48)37-43)51-22-10-11-23-55(51)60-56-44-17-5-4-16-40(44)26-33-52(56)58/h1-11,14-33,36-37H,12-13,34-35H2. The summed E-state index contributed by atoms with van der Waals surface area (Å²) in [6, 6.07) is 74.5. The average molecular weight is 768 g/mol. The van der Waals surface area contributed by atoms with E-state index in [9.17, 15) is 0 Å². The molecule has 1 unspecified atom stereocenters. The van der Waals surface area contributed by atoms with Gasteiger partial charge in [-0.2, -0.15) is 0 Å². The van der Waals surface area contributed by atoms with Gasteiger partial charge in [0.2, 0.25) is 0 Å². The van der Waals surface area contributed by atoms with E-state index in [2.05, 4.69) is 205 Å². The molecular formula is C58H41NO. The van der Waals surface area contributed by atoms with Crippen molar-refractivity contribution in [2.75, 3.05) is 4.90 Å². The third-order valence-corrected chi connectivity index (χ3v) is 14.3. The zero-order chi connectivity index (χ0) is 39.4. The predicted molar refractivity (Wildman–Crippen MR) is 246 cm³/mol. The van der Waals surface area contributed by atoms with Crippen LogP contribution < -0.4 is 9.64 Å². The van der Waals surface area contributed by atoms with Crippen molar-refractivity contribution in [1.82, 2.24) is 0 Å². The van der Waals surface area contributed by atoms with E-state index in [0.717, 1.165) is 28.3 Å². The molecule has 1 atom stereocenters. The first-order valence-corrected chi connectivity index (χ1v) is 21.5. The summed E-state index contributed by atoms with van der Waals surface area (Å²) < 4.78 is 6.98. The van der Waals surface area contributed by atoms with Crippen LogP contribution >= 0.6 is 0 Å². The summed E-state index contributed by atoms with van der Waals surface area (Å²) in [4.78, 5) is 2.50. The van der Waals surface area contributed by atoms with Gasteiger partial charge in [-0.15, -0.1) is 0 Å². The van der Waals surface area contributed by atoms with E-state index < -0.39 is 5.41 Å². The van der Waals surface area contributed by atoms with Crippen molar-refractivity contribution in [3.8, 4) is 44.9 Å². The second-order valence-electron chi connectivity index (χ2n) is 17.1. The minimum absolute atomic E-state index is 0.0622. The summed E-state index contributed by atoms with van der Waals surface area (Å²) in [6.07, 6.45) is 4.92. The Morgan fingerprint density at radius 3 is 1.73 bits per heavy atom. The van der Waals surface area contributed by atoms with Crippen LogP contribution in [0.15, 0.2) is 200 Å². The van der Waals surface area contributed by atoms with E-state index in [4.69, 9.17) is 4.74 Å². The number of anilines is 3. The average Bonchev–Trinajstić information content (AvgIpc) is 4.00. The van der Waals surface area contributed by atoms with E-state index in [1.807, 2.05) is 0 Å². The van der Waals surface area contributed by atoms with Gasteiger partial charge in [-0.1, -0.05) is 171 Å². The molecule has 2 spiro atoms. The molecule has 0 bridgehead atoms. The number of benzene rings is 9. The SMILES string of the molecule is c1ccc(-c2ccc(N(c3ccc4c(c3)C3(CCCC3)c3ccccc3-4)c3ccc4c(c3)C3(c5ccccc5Oc5c3ccc3ccccc53)c3ccccc3-4)cc2)cc1. The lowest BCUT2D eigenvalue weighted by atomic mass is 9.65. The highest BCUT2D eigenvalue weighted by Gasteiger charge is 2.52. The van der Waals surface area contributed by atoms with Crippen molar-refractivity contribution in [3.63, 3.8) is 0 Å². The molecule has 60 heavy (non-hydrogen) atoms. The molecule has 4 aliphatic rings. The largest absolute Gasteiger partial charge is 0.456 e. The number of rotatable bonds is 4. The monoisotopic (exact) mass is 767 g/mol. The van der Waals surface area contributed by atoms with E-state index >= 15 is 0 Å². The van der Waals surface area contributed by atoms with E-state index in [-0.39, 0.29) is 5.41 Å². The van der Waals surface area contributed by atoms with Gasteiger partial charge in [0, 0.05) is 39.0 Å². The molecule has 2 heteroatoms. The van der Waals surface area contributed by atoms with Gasteiger partial charge >= 0.3 is 0 Å². The lowest BCUT2D eigenvalue weighted by Crippen LogP contribution is -2.32. The number of nitrogens with zero attached hydrogens (tertiary/aromatic N) is 1. The smallest absolute Gasteiger partial charge is 0.140 e. The molecule has 284 valence electrons. The number of ether oxygens (including phenoxy) is 1. The van der Waals surface area contributed by atoms with Gasteiger partial charge in [0.05, 0.1) is 5.41 Å². The highest BCUT2D eigenvalue weighted by Crippen LogP contribution is 2.64. The van der Waals surface area contributed by atoms with Gasteiger partial charge in [0.1, 0.15) is 11.5 Å². The molecule has 0 saturated heterocycles. The van der Waals surface area contributed by atoms with Crippen molar-refractivity contribution in [2.45, 2.75) is 36.5 Å². The van der Waals surface area contributed by atoms with Crippen LogP contribution in [-0.2, 0) is 10.8 Å². The van der Waals surface area contributed by atoms with E-state index in [1.165, 1.54) is 104 Å². The normalized spacial score (nSPS) is 17.1. The zero-order valence-electron chi connectivity index (χ0n) is 33.2. The Morgan fingerprint density at radius 2 is 0.950 bits per heavy atom. The number of hydrogen-bond acceptors (Lipinski definition) is 2. The number of para-hydroxylation sites is 1.